The molecule has 3 atom stereocenters. The molecule has 128 valence electrons. The van der Waals surface area contributed by atoms with Crippen LogP contribution in [0.2, 0.25) is 5.02 Å². The molecule has 10 heteroatoms. The molecule has 2 aliphatic rings. The van der Waals surface area contributed by atoms with Crippen LogP contribution in [-0.4, -0.2) is 30.9 Å². The van der Waals surface area contributed by atoms with Gasteiger partial charge in [0.2, 0.25) is 0 Å². The van der Waals surface area contributed by atoms with Gasteiger partial charge in [0, 0.05) is 32.3 Å². The molecule has 0 aromatic heterocycles. The highest BCUT2D eigenvalue weighted by molar-refractivity contribution is 6.31. The Morgan fingerprint density at radius 1 is 1.36 bits per heavy atom. The summed E-state index contributed by atoms with van der Waals surface area (Å²) in [6, 6.07) is 7.96. The van der Waals surface area contributed by atoms with Crippen LogP contribution in [0, 0.1) is 43.6 Å². The molecule has 25 heavy (non-hydrogen) atoms. The Bertz CT molecular complexity index is 900. The molecule has 1 aliphatic carbocycles. The molecule has 0 saturated heterocycles. The molecule has 0 spiro atoms. The van der Waals surface area contributed by atoms with E-state index < -0.39 is 27.6 Å². The van der Waals surface area contributed by atoms with Crippen LogP contribution >= 0.6 is 11.6 Å². The highest BCUT2D eigenvalue weighted by atomic mass is 35.5. The molecule has 1 heterocycles. The van der Waals surface area contributed by atoms with Gasteiger partial charge in [-0.05, 0) is 5.56 Å². The molecule has 9 nitrogen and oxygen atoms in total. The fourth-order valence-corrected chi connectivity index (χ4v) is 4.14. The van der Waals surface area contributed by atoms with Gasteiger partial charge in [0.15, 0.2) is 5.41 Å². The minimum atomic E-state index is -1.77. The summed E-state index contributed by atoms with van der Waals surface area (Å²) < 4.78 is 10.7. The van der Waals surface area contributed by atoms with Gasteiger partial charge in [-0.3, -0.25) is 10.1 Å². The molecule has 1 aromatic carbocycles. The third-order valence-corrected chi connectivity index (χ3v) is 5.31. The van der Waals surface area contributed by atoms with Crippen molar-refractivity contribution in [3.63, 3.8) is 0 Å². The van der Waals surface area contributed by atoms with E-state index in [0.717, 1.165) is 6.07 Å². The number of nitrogens with zero attached hydrogens (tertiary/aromatic N) is 4. The number of hydrogen-bond acceptors (Lipinski definition) is 8. The fourth-order valence-electron chi connectivity index (χ4n) is 3.85. The van der Waals surface area contributed by atoms with Crippen molar-refractivity contribution < 1.29 is 14.4 Å². The number of amidine groups is 1. The van der Waals surface area contributed by atoms with Gasteiger partial charge in [-0.2, -0.15) is 10.5 Å². The third kappa shape index (κ3) is 1.65. The molecule has 3 rings (SSSR count). The van der Waals surface area contributed by atoms with Crippen molar-refractivity contribution in [1.82, 2.24) is 0 Å². The topological polar surface area (TPSA) is 148 Å². The number of nitrogens with two attached hydrogens (primary N) is 1. The monoisotopic (exact) mass is 361 g/mol. The van der Waals surface area contributed by atoms with E-state index in [0.29, 0.717) is 5.56 Å². The number of halogens is 1. The first-order valence-corrected chi connectivity index (χ1v) is 7.42. The number of aliphatic imine (C=N–C) groups is 1. The lowest BCUT2D eigenvalue weighted by Gasteiger charge is -2.29. The van der Waals surface area contributed by atoms with Gasteiger partial charge in [0.05, 0.1) is 22.1 Å². The zero-order chi connectivity index (χ0) is 18.6. The predicted octanol–water partition coefficient (Wildman–Crippen LogP) is 1.68. The van der Waals surface area contributed by atoms with Crippen molar-refractivity contribution in [2.75, 3.05) is 14.2 Å². The lowest BCUT2D eigenvalue weighted by atomic mass is 9.93. The van der Waals surface area contributed by atoms with Crippen LogP contribution in [0.1, 0.15) is 11.5 Å². The Balaban J connectivity index is 2.23. The third-order valence-electron chi connectivity index (χ3n) is 4.99. The van der Waals surface area contributed by atoms with Crippen LogP contribution in [0.15, 0.2) is 23.2 Å². The quantitative estimate of drug-likeness (QED) is 0.487. The van der Waals surface area contributed by atoms with Crippen molar-refractivity contribution in [2.24, 2.45) is 21.6 Å². The van der Waals surface area contributed by atoms with E-state index in [1.54, 1.807) is 0 Å². The number of hydrogen-bond donors (Lipinski definition) is 1. The van der Waals surface area contributed by atoms with E-state index in [-0.39, 0.29) is 16.5 Å². The van der Waals surface area contributed by atoms with Gasteiger partial charge < -0.3 is 15.2 Å². The first-order valence-electron chi connectivity index (χ1n) is 7.04. The number of methoxy groups -OCH3 is 2. The summed E-state index contributed by atoms with van der Waals surface area (Å²) in [7, 11) is 2.58. The number of ether oxygens (including phenoxy) is 2. The van der Waals surface area contributed by atoms with Crippen molar-refractivity contribution in [2.45, 2.75) is 11.8 Å². The normalized spacial score (nSPS) is 31.4. The summed E-state index contributed by atoms with van der Waals surface area (Å²) in [5, 5.41) is 30.6. The summed E-state index contributed by atoms with van der Waals surface area (Å²) in [5.41, 5.74) is 3.09. The number of non-ortho nitro benzene ring substituents is 1. The van der Waals surface area contributed by atoms with E-state index in [9.17, 15) is 20.6 Å². The maximum Gasteiger partial charge on any atom is 0.292 e. The molecule has 0 radical (unpaired) electrons. The molecule has 1 fully saturated rings. The second-order valence-electron chi connectivity index (χ2n) is 5.72. The van der Waals surface area contributed by atoms with Gasteiger partial charge in [0.1, 0.15) is 11.3 Å². The number of nitriles is 2. The molecule has 2 N–H and O–H groups in total. The average Bonchev–Trinajstić information content (AvgIpc) is 3.16. The van der Waals surface area contributed by atoms with Crippen LogP contribution in [0.25, 0.3) is 0 Å². The maximum atomic E-state index is 10.9. The van der Waals surface area contributed by atoms with E-state index in [2.05, 4.69) is 17.1 Å². The van der Waals surface area contributed by atoms with E-state index in [4.69, 9.17) is 26.8 Å². The van der Waals surface area contributed by atoms with Crippen LogP contribution in [-0.2, 0) is 9.47 Å². The molecule has 1 saturated carbocycles. The molecule has 0 unspecified atom stereocenters. The van der Waals surface area contributed by atoms with Crippen LogP contribution in [0.4, 0.5) is 5.69 Å². The van der Waals surface area contributed by atoms with Crippen LogP contribution < -0.4 is 5.73 Å². The van der Waals surface area contributed by atoms with Gasteiger partial charge in [-0.15, -0.1) is 0 Å². The van der Waals surface area contributed by atoms with Gasteiger partial charge in [-0.1, -0.05) is 17.7 Å². The van der Waals surface area contributed by atoms with Crippen LogP contribution in [0.3, 0.4) is 0 Å². The Labute approximate surface area is 147 Å². The first kappa shape index (κ1) is 17.1. The average molecular weight is 362 g/mol. The lowest BCUT2D eigenvalue weighted by molar-refractivity contribution is -0.384. The standard InChI is InChI=1S/C15H12ClN5O4/c1-24-15(25-2)14(7-18)11(13(14,6-17)12(19)20-15)9-4-3-8(21(22)23)5-10(9)16/h3-5,11H,1-2H3,(H2,19,20)/t11-,13-,14-/m1/s1. The van der Waals surface area contributed by atoms with Crippen molar-refractivity contribution in [1.29, 1.82) is 10.5 Å². The maximum absolute atomic E-state index is 10.9. The number of rotatable bonds is 4. The Hall–Kier alpha value is -2.72. The minimum absolute atomic E-state index is 0.0479. The Morgan fingerprint density at radius 2 is 2.00 bits per heavy atom. The largest absolute Gasteiger partial charge is 0.386 e. The first-order chi connectivity index (χ1) is 11.8. The van der Waals surface area contributed by atoms with Crippen molar-refractivity contribution in [3.8, 4) is 12.1 Å². The molecular weight excluding hydrogens is 350 g/mol. The zero-order valence-electron chi connectivity index (χ0n) is 13.2. The number of nitro groups is 1. The highest BCUT2D eigenvalue weighted by Crippen LogP contribution is 2.82. The van der Waals surface area contributed by atoms with Crippen molar-refractivity contribution >= 4 is 23.1 Å². The van der Waals surface area contributed by atoms with Crippen molar-refractivity contribution in [3.05, 3.63) is 38.9 Å². The van der Waals surface area contributed by atoms with Gasteiger partial charge >= 0.3 is 0 Å². The smallest absolute Gasteiger partial charge is 0.292 e. The molecule has 1 aliphatic heterocycles. The molecule has 0 bridgehead atoms. The summed E-state index contributed by atoms with van der Waals surface area (Å²) in [5.74, 6) is -2.67. The second kappa shape index (κ2) is 5.14. The van der Waals surface area contributed by atoms with Gasteiger partial charge in [0.25, 0.3) is 11.6 Å². The van der Waals surface area contributed by atoms with Crippen LogP contribution in [0.5, 0.6) is 0 Å². The second-order valence-corrected chi connectivity index (χ2v) is 6.13. The lowest BCUT2D eigenvalue weighted by Crippen LogP contribution is -2.41. The fraction of sp³-hybridized carbons (Fsp3) is 0.400. The molecular formula is C15H12ClN5O4. The summed E-state index contributed by atoms with van der Waals surface area (Å²) >= 11 is 6.20. The zero-order valence-corrected chi connectivity index (χ0v) is 13.9. The van der Waals surface area contributed by atoms with E-state index in [1.807, 2.05) is 0 Å². The summed E-state index contributed by atoms with van der Waals surface area (Å²) in [6.07, 6.45) is 0. The number of nitro benzene ring substituents is 1. The predicted molar refractivity (Wildman–Crippen MR) is 85.3 cm³/mol. The Morgan fingerprint density at radius 3 is 2.44 bits per heavy atom. The summed E-state index contributed by atoms with van der Waals surface area (Å²) in [4.78, 5) is 14.4. The minimum Gasteiger partial charge on any atom is -0.386 e. The van der Waals surface area contributed by atoms with E-state index >= 15 is 0 Å². The number of benzene rings is 1. The number of fused-ring (bicyclic) bond motifs is 1. The SMILES string of the molecule is COC1(OC)N=C(N)[C@@]2(C#N)[C@@H](c3ccc([N+](=O)[O-])cc3Cl)[C@@]12C#N. The van der Waals surface area contributed by atoms with E-state index in [1.165, 1.54) is 26.4 Å². The Kier molecular flexibility index (Phi) is 3.52. The summed E-state index contributed by atoms with van der Waals surface area (Å²) in [6.45, 7) is 0. The molecule has 0 amide bonds. The van der Waals surface area contributed by atoms with Gasteiger partial charge in [-0.25, -0.2) is 4.99 Å². The molecule has 1 aromatic rings. The highest BCUT2D eigenvalue weighted by Gasteiger charge is 2.93.